The molecule has 2 heterocycles. The van der Waals surface area contributed by atoms with Crippen molar-refractivity contribution >= 4 is 34.4 Å². The lowest BCUT2D eigenvalue weighted by Crippen LogP contribution is -2.47. The number of ether oxygens (including phenoxy) is 2. The van der Waals surface area contributed by atoms with Crippen LogP contribution in [0.3, 0.4) is 0 Å². The molecule has 4 N–H and O–H groups in total. The summed E-state index contributed by atoms with van der Waals surface area (Å²) in [4.78, 5) is 13.9. The van der Waals surface area contributed by atoms with Crippen LogP contribution in [0.15, 0.2) is 30.5 Å². The lowest BCUT2D eigenvalue weighted by atomic mass is 9.94. The molecule has 0 aliphatic carbocycles. The molecule has 0 saturated heterocycles. The number of hydrogen-bond acceptors (Lipinski definition) is 9. The normalized spacial score (nSPS) is 13.8. The number of nitrogens with one attached hydrogen (secondary N) is 3. The molecule has 0 bridgehead atoms. The zero-order valence-electron chi connectivity index (χ0n) is 21.0. The third kappa shape index (κ3) is 7.30. The molecular formula is C25H35ClN6O3. The van der Waals surface area contributed by atoms with Gasteiger partial charge < -0.3 is 25.2 Å². The highest BCUT2D eigenvalue weighted by molar-refractivity contribution is 6.31. The molecule has 35 heavy (non-hydrogen) atoms. The standard InChI is InChI=1S/C25H35ClN6O3/c1-6-7-10-25(3,15-29-16(2)33)32-23-22-20(11-18(26)14-27-22)30-24(31-23)28-13-17-8-9-19(34-4)12-21(17)35-5/h8-9,11-12,14,16,29,33H,6-7,10,13,15H2,1-5H3,(H2,28,30,31,32)/t16?,25-/m1/s1. The molecule has 2 aromatic heterocycles. The van der Waals surface area contributed by atoms with E-state index < -0.39 is 6.23 Å². The van der Waals surface area contributed by atoms with Gasteiger partial charge in [-0.15, -0.1) is 0 Å². The highest BCUT2D eigenvalue weighted by Gasteiger charge is 2.26. The summed E-state index contributed by atoms with van der Waals surface area (Å²) >= 11 is 6.22. The number of pyridine rings is 1. The van der Waals surface area contributed by atoms with Crippen molar-refractivity contribution in [2.45, 2.75) is 58.3 Å². The molecule has 1 aromatic carbocycles. The number of benzene rings is 1. The van der Waals surface area contributed by atoms with Crippen molar-refractivity contribution in [1.29, 1.82) is 0 Å². The van der Waals surface area contributed by atoms with Gasteiger partial charge >= 0.3 is 0 Å². The lowest BCUT2D eigenvalue weighted by Gasteiger charge is -2.33. The van der Waals surface area contributed by atoms with Crippen LogP contribution in [-0.2, 0) is 6.54 Å². The van der Waals surface area contributed by atoms with Gasteiger partial charge in [0, 0.05) is 36.5 Å². The molecule has 3 aromatic rings. The average Bonchev–Trinajstić information content (AvgIpc) is 2.84. The molecule has 0 aliphatic rings. The Balaban J connectivity index is 1.93. The highest BCUT2D eigenvalue weighted by atomic mass is 35.5. The maximum Gasteiger partial charge on any atom is 0.225 e. The molecule has 0 fully saturated rings. The van der Waals surface area contributed by atoms with E-state index in [1.165, 1.54) is 0 Å². The van der Waals surface area contributed by atoms with E-state index in [0.717, 1.165) is 30.6 Å². The number of aromatic nitrogens is 3. The third-order valence-electron chi connectivity index (χ3n) is 5.72. The van der Waals surface area contributed by atoms with Crippen molar-refractivity contribution in [2.75, 3.05) is 31.4 Å². The van der Waals surface area contributed by atoms with Crippen LogP contribution in [0.2, 0.25) is 5.02 Å². The van der Waals surface area contributed by atoms with E-state index in [2.05, 4.69) is 39.8 Å². The predicted molar refractivity (Wildman–Crippen MR) is 140 cm³/mol. The Morgan fingerprint density at radius 2 is 1.97 bits per heavy atom. The summed E-state index contributed by atoms with van der Waals surface area (Å²) in [5, 5.41) is 20.3. The van der Waals surface area contributed by atoms with Gasteiger partial charge in [0.25, 0.3) is 0 Å². The van der Waals surface area contributed by atoms with Crippen LogP contribution < -0.4 is 25.4 Å². The summed E-state index contributed by atoms with van der Waals surface area (Å²) in [6, 6.07) is 7.43. The first kappa shape index (κ1) is 26.7. The minimum Gasteiger partial charge on any atom is -0.497 e. The van der Waals surface area contributed by atoms with Crippen LogP contribution in [0, 0.1) is 0 Å². The van der Waals surface area contributed by atoms with Crippen molar-refractivity contribution in [2.24, 2.45) is 0 Å². The highest BCUT2D eigenvalue weighted by Crippen LogP contribution is 2.29. The van der Waals surface area contributed by atoms with E-state index in [9.17, 15) is 5.11 Å². The fourth-order valence-electron chi connectivity index (χ4n) is 3.75. The van der Waals surface area contributed by atoms with E-state index in [1.54, 1.807) is 33.4 Å². The van der Waals surface area contributed by atoms with Gasteiger partial charge in [0.2, 0.25) is 5.95 Å². The Morgan fingerprint density at radius 3 is 2.66 bits per heavy atom. The van der Waals surface area contributed by atoms with Gasteiger partial charge in [-0.2, -0.15) is 4.98 Å². The minimum absolute atomic E-state index is 0.369. The smallest absolute Gasteiger partial charge is 0.225 e. The summed E-state index contributed by atoms with van der Waals surface area (Å²) in [7, 11) is 3.24. The molecule has 3 rings (SSSR count). The van der Waals surface area contributed by atoms with Crippen LogP contribution >= 0.6 is 11.6 Å². The maximum absolute atomic E-state index is 9.79. The molecule has 10 heteroatoms. The summed E-state index contributed by atoms with van der Waals surface area (Å²) in [5.41, 5.74) is 1.82. The van der Waals surface area contributed by atoms with Crippen LogP contribution in [0.5, 0.6) is 11.5 Å². The number of fused-ring (bicyclic) bond motifs is 1. The van der Waals surface area contributed by atoms with Crippen LogP contribution in [-0.4, -0.2) is 52.6 Å². The number of rotatable bonds is 13. The number of hydrogen-bond donors (Lipinski definition) is 4. The van der Waals surface area contributed by atoms with Crippen LogP contribution in [0.1, 0.15) is 45.6 Å². The fourth-order valence-corrected chi connectivity index (χ4v) is 3.91. The number of anilines is 2. The first-order valence-corrected chi connectivity index (χ1v) is 12.1. The summed E-state index contributed by atoms with van der Waals surface area (Å²) in [6.45, 7) is 6.97. The topological polar surface area (TPSA) is 113 Å². The first-order valence-electron chi connectivity index (χ1n) is 11.7. The minimum atomic E-state index is -0.617. The van der Waals surface area contributed by atoms with Crippen molar-refractivity contribution in [3.63, 3.8) is 0 Å². The van der Waals surface area contributed by atoms with Gasteiger partial charge in [-0.05, 0) is 38.5 Å². The molecule has 190 valence electrons. The molecule has 0 amide bonds. The van der Waals surface area contributed by atoms with E-state index in [4.69, 9.17) is 26.1 Å². The maximum atomic E-state index is 9.79. The fraction of sp³-hybridized carbons (Fsp3) is 0.480. The van der Waals surface area contributed by atoms with Crippen molar-refractivity contribution in [3.8, 4) is 11.5 Å². The molecule has 0 aliphatic heterocycles. The molecule has 0 spiro atoms. The van der Waals surface area contributed by atoms with E-state index in [1.807, 2.05) is 18.2 Å². The van der Waals surface area contributed by atoms with Crippen molar-refractivity contribution < 1.29 is 14.6 Å². The van der Waals surface area contributed by atoms with Crippen LogP contribution in [0.25, 0.3) is 11.0 Å². The number of halogens is 1. The Bertz CT molecular complexity index is 1130. The number of aliphatic hydroxyl groups is 1. The van der Waals surface area contributed by atoms with Gasteiger partial charge in [-0.25, -0.2) is 9.97 Å². The monoisotopic (exact) mass is 502 g/mol. The number of methoxy groups -OCH3 is 2. The van der Waals surface area contributed by atoms with Crippen molar-refractivity contribution in [1.82, 2.24) is 20.3 Å². The zero-order valence-corrected chi connectivity index (χ0v) is 21.7. The van der Waals surface area contributed by atoms with E-state index in [-0.39, 0.29) is 5.54 Å². The molecule has 0 radical (unpaired) electrons. The van der Waals surface area contributed by atoms with E-state index >= 15 is 0 Å². The SMILES string of the molecule is CCCC[C@](C)(CNC(C)O)Nc1nc(NCc2ccc(OC)cc2OC)nc2cc(Cl)cnc12. The Hall–Kier alpha value is -2.88. The number of nitrogens with zero attached hydrogens (tertiary/aromatic N) is 3. The van der Waals surface area contributed by atoms with Crippen LogP contribution in [0.4, 0.5) is 11.8 Å². The molecule has 9 nitrogen and oxygen atoms in total. The second-order valence-electron chi connectivity index (χ2n) is 8.79. The Kier molecular flexibility index (Phi) is 9.31. The molecule has 2 atom stereocenters. The first-order chi connectivity index (χ1) is 16.8. The number of aliphatic hydroxyl groups excluding tert-OH is 1. The quantitative estimate of drug-likeness (QED) is 0.249. The Labute approximate surface area is 211 Å². The second kappa shape index (κ2) is 12.2. The van der Waals surface area contributed by atoms with Gasteiger partial charge in [-0.1, -0.05) is 31.4 Å². The summed E-state index contributed by atoms with van der Waals surface area (Å²) in [6.07, 6.45) is 3.93. The second-order valence-corrected chi connectivity index (χ2v) is 9.23. The Morgan fingerprint density at radius 1 is 1.17 bits per heavy atom. The van der Waals surface area contributed by atoms with Gasteiger partial charge in [0.05, 0.1) is 24.8 Å². The molecular weight excluding hydrogens is 468 g/mol. The molecule has 0 saturated carbocycles. The zero-order chi connectivity index (χ0) is 25.4. The molecule has 1 unspecified atom stereocenters. The summed E-state index contributed by atoms with van der Waals surface area (Å²) in [5.74, 6) is 2.46. The lowest BCUT2D eigenvalue weighted by molar-refractivity contribution is 0.148. The largest absolute Gasteiger partial charge is 0.497 e. The van der Waals surface area contributed by atoms with E-state index in [0.29, 0.717) is 46.7 Å². The van der Waals surface area contributed by atoms with Gasteiger partial charge in [-0.3, -0.25) is 5.32 Å². The number of unbranched alkanes of at least 4 members (excludes halogenated alkanes) is 1. The summed E-state index contributed by atoms with van der Waals surface area (Å²) < 4.78 is 10.8. The average molecular weight is 503 g/mol. The predicted octanol–water partition coefficient (Wildman–Crippen LogP) is 4.60. The van der Waals surface area contributed by atoms with Gasteiger partial charge in [0.15, 0.2) is 5.82 Å². The van der Waals surface area contributed by atoms with Crippen molar-refractivity contribution in [3.05, 3.63) is 41.0 Å². The van der Waals surface area contributed by atoms with Gasteiger partial charge in [0.1, 0.15) is 23.2 Å². The third-order valence-corrected chi connectivity index (χ3v) is 5.93.